The quantitative estimate of drug-likeness (QED) is 0.0688. The molecule has 4 amide bonds. The fourth-order valence-electron chi connectivity index (χ4n) is 13.7. The Morgan fingerprint density at radius 2 is 1.17 bits per heavy atom. The van der Waals surface area contributed by atoms with Crippen molar-refractivity contribution in [2.45, 2.75) is 134 Å². The van der Waals surface area contributed by atoms with E-state index in [9.17, 15) is 29.4 Å². The summed E-state index contributed by atoms with van der Waals surface area (Å²) < 4.78 is 44.8. The van der Waals surface area contributed by atoms with Gasteiger partial charge in [-0.2, -0.15) is 0 Å². The van der Waals surface area contributed by atoms with Crippen molar-refractivity contribution in [3.05, 3.63) is 82.9 Å². The molecule has 2 aromatic heterocycles. The zero-order chi connectivity index (χ0) is 53.9. The number of nitrogens with one attached hydrogen (secondary N) is 4. The van der Waals surface area contributed by atoms with Crippen LogP contribution in [0.1, 0.15) is 139 Å². The number of anilines is 2. The summed E-state index contributed by atoms with van der Waals surface area (Å²) in [5.41, 5.74) is 4.26. The van der Waals surface area contributed by atoms with E-state index in [-0.39, 0.29) is 46.7 Å². The lowest BCUT2D eigenvalue weighted by atomic mass is 9.81. The van der Waals surface area contributed by atoms with Crippen molar-refractivity contribution < 1.29 is 47.6 Å². The molecule has 6 aliphatic heterocycles. The highest BCUT2D eigenvalue weighted by molar-refractivity contribution is 5.87. The summed E-state index contributed by atoms with van der Waals surface area (Å²) in [6.07, 6.45) is 4.83. The van der Waals surface area contributed by atoms with Gasteiger partial charge in [-0.1, -0.05) is 32.9 Å². The first-order valence-electron chi connectivity index (χ1n) is 27.8. The molecule has 20 heteroatoms. The monoisotopic (exact) mass is 1060 g/mol. The van der Waals surface area contributed by atoms with Crippen LogP contribution in [-0.4, -0.2) is 129 Å². The maximum absolute atomic E-state index is 16.9. The highest BCUT2D eigenvalue weighted by Crippen LogP contribution is 2.55. The van der Waals surface area contributed by atoms with Gasteiger partial charge in [-0.25, -0.2) is 28.3 Å². The third-order valence-corrected chi connectivity index (χ3v) is 18.3. The molecule has 11 rings (SSSR count). The van der Waals surface area contributed by atoms with Gasteiger partial charge < -0.3 is 59.9 Å². The molecule has 6 saturated heterocycles. The van der Waals surface area contributed by atoms with E-state index < -0.39 is 53.5 Å². The number of amides is 4. The van der Waals surface area contributed by atoms with E-state index in [0.29, 0.717) is 126 Å². The van der Waals surface area contributed by atoms with Gasteiger partial charge in [0, 0.05) is 58.3 Å². The molecule has 0 radical (unpaired) electrons. The normalized spacial score (nSPS) is 26.2. The number of rotatable bonds is 12. The fraction of sp³-hybridized carbons (Fsp3) is 0.579. The maximum Gasteiger partial charge on any atom is 0.405 e. The lowest BCUT2D eigenvalue weighted by Gasteiger charge is -2.43. The van der Waals surface area contributed by atoms with Crippen molar-refractivity contribution in [3.63, 3.8) is 0 Å². The first kappa shape index (κ1) is 52.5. The Labute approximate surface area is 446 Å². The summed E-state index contributed by atoms with van der Waals surface area (Å²) in [5, 5.41) is 24.6. The Hall–Kier alpha value is -6.54. The van der Waals surface area contributed by atoms with Crippen molar-refractivity contribution in [2.24, 2.45) is 23.2 Å². The van der Waals surface area contributed by atoms with E-state index in [4.69, 9.17) is 19.4 Å². The predicted molar refractivity (Wildman–Crippen MR) is 284 cm³/mol. The number of aromatic nitrogens is 4. The van der Waals surface area contributed by atoms with Gasteiger partial charge in [0.25, 0.3) is 0 Å². The Morgan fingerprint density at radius 1 is 0.675 bits per heavy atom. The minimum absolute atomic E-state index is 0.0137. The zero-order valence-electron chi connectivity index (χ0n) is 44.5. The van der Waals surface area contributed by atoms with Gasteiger partial charge in [0.2, 0.25) is 11.8 Å². The summed E-state index contributed by atoms with van der Waals surface area (Å²) in [6, 6.07) is 12.1. The van der Waals surface area contributed by atoms with Crippen molar-refractivity contribution in [2.75, 3.05) is 62.4 Å². The molecule has 0 bridgehead atoms. The van der Waals surface area contributed by atoms with Crippen molar-refractivity contribution in [1.29, 1.82) is 0 Å². The lowest BCUT2D eigenvalue weighted by molar-refractivity contribution is -0.137. The number of carbonyl (C=O) groups is 4. The van der Waals surface area contributed by atoms with Crippen LogP contribution >= 0.6 is 0 Å². The molecule has 7 atom stereocenters. The number of piperidine rings is 1. The third kappa shape index (κ3) is 10.0. The summed E-state index contributed by atoms with van der Waals surface area (Å²) in [5.74, 6) is -1.01. The van der Waals surface area contributed by atoms with Crippen LogP contribution < -0.4 is 20.4 Å². The number of ether oxygens (including phenoxy) is 2. The first-order valence-corrected chi connectivity index (χ1v) is 27.8. The Balaban J connectivity index is 0.931. The van der Waals surface area contributed by atoms with Gasteiger partial charge in [-0.3, -0.25) is 9.59 Å². The van der Waals surface area contributed by atoms with Crippen LogP contribution in [0.3, 0.4) is 0 Å². The Kier molecular flexibility index (Phi) is 14.3. The van der Waals surface area contributed by atoms with Crippen LogP contribution in [0, 0.1) is 34.8 Å². The second-order valence-corrected chi connectivity index (χ2v) is 23.5. The molecule has 6 N–H and O–H groups in total. The van der Waals surface area contributed by atoms with E-state index in [1.165, 1.54) is 12.1 Å². The van der Waals surface area contributed by atoms with Gasteiger partial charge in [0.05, 0.1) is 45.7 Å². The van der Waals surface area contributed by atoms with Crippen molar-refractivity contribution in [1.82, 2.24) is 40.4 Å². The number of likely N-dealkylation sites (tertiary alicyclic amines) is 2. The van der Waals surface area contributed by atoms with Crippen LogP contribution in [0.2, 0.25) is 0 Å². The number of halogens is 2. The van der Waals surface area contributed by atoms with Crippen LogP contribution in [0.15, 0.2) is 48.5 Å². The Bertz CT molecular complexity index is 3010. The second-order valence-electron chi connectivity index (χ2n) is 23.5. The number of fused-ring (bicyclic) bond motifs is 2. The molecule has 0 spiro atoms. The fourth-order valence-corrected chi connectivity index (χ4v) is 13.7. The number of benzene rings is 3. The number of H-pyrrole nitrogens is 2. The highest BCUT2D eigenvalue weighted by Gasteiger charge is 2.51. The molecule has 6 aliphatic rings. The van der Waals surface area contributed by atoms with Gasteiger partial charge >= 0.3 is 12.2 Å². The number of hydrogen-bond acceptors (Lipinski definition) is 10. The first-order chi connectivity index (χ1) is 37.0. The average molecular weight is 1060 g/mol. The van der Waals surface area contributed by atoms with E-state index >= 15 is 8.78 Å². The van der Waals surface area contributed by atoms with Crippen molar-refractivity contribution in [3.8, 4) is 0 Å². The van der Waals surface area contributed by atoms with E-state index in [0.717, 1.165) is 47.8 Å². The molecule has 0 saturated carbocycles. The van der Waals surface area contributed by atoms with Gasteiger partial charge in [-0.05, 0) is 148 Å². The summed E-state index contributed by atoms with van der Waals surface area (Å²) in [7, 11) is 0. The van der Waals surface area contributed by atoms with Gasteiger partial charge in [0.1, 0.15) is 29.4 Å². The second kappa shape index (κ2) is 21.0. The van der Waals surface area contributed by atoms with E-state index in [2.05, 4.69) is 53.2 Å². The molecule has 18 nitrogen and oxygen atoms in total. The molecule has 3 aromatic carbocycles. The minimum Gasteiger partial charge on any atom is -0.465 e. The number of carbonyl (C=O) groups excluding carboxylic acids is 2. The maximum atomic E-state index is 16.9. The molecular weight excluding hydrogens is 991 g/mol. The number of aromatic amines is 2. The van der Waals surface area contributed by atoms with Crippen LogP contribution in [0.25, 0.3) is 22.1 Å². The van der Waals surface area contributed by atoms with Crippen LogP contribution in [0.4, 0.5) is 29.7 Å². The topological polar surface area (TPSA) is 222 Å². The van der Waals surface area contributed by atoms with Crippen molar-refractivity contribution >= 4 is 57.4 Å². The lowest BCUT2D eigenvalue weighted by Crippen LogP contribution is -2.52. The predicted octanol–water partition coefficient (Wildman–Crippen LogP) is 9.30. The van der Waals surface area contributed by atoms with Gasteiger partial charge in [0.15, 0.2) is 11.6 Å². The molecule has 8 heterocycles. The zero-order valence-corrected chi connectivity index (χ0v) is 44.5. The molecule has 0 aliphatic carbocycles. The molecule has 1 unspecified atom stereocenters. The number of hydrogen-bond donors (Lipinski definition) is 6. The summed E-state index contributed by atoms with van der Waals surface area (Å²) in [6.45, 7) is 12.5. The average Bonchev–Trinajstić information content (AvgIpc) is 4.47. The molecule has 5 aromatic rings. The summed E-state index contributed by atoms with van der Waals surface area (Å²) >= 11 is 0. The van der Waals surface area contributed by atoms with E-state index in [1.54, 1.807) is 9.80 Å². The highest BCUT2D eigenvalue weighted by atomic mass is 19.1. The Morgan fingerprint density at radius 3 is 1.68 bits per heavy atom. The molecular formula is C57H72F2N10O8. The largest absolute Gasteiger partial charge is 0.465 e. The number of imidazole rings is 2. The molecule has 412 valence electrons. The molecule has 6 fully saturated rings. The number of nitrogens with zero attached hydrogens (tertiary/aromatic N) is 6. The van der Waals surface area contributed by atoms with Crippen LogP contribution in [-0.2, 0) is 24.6 Å². The van der Waals surface area contributed by atoms with Gasteiger partial charge in [-0.15, -0.1) is 0 Å². The third-order valence-electron chi connectivity index (χ3n) is 18.3. The smallest absolute Gasteiger partial charge is 0.405 e. The SMILES string of the molecule is CC1C[C@H](c2ccc3[nH]c([C@@H]4CCCN4C(=O)[C@@H](NC(=O)O)C4CCOCC4)nc3c2)N(c2cc(F)c(N3CCC(C)(C)CC3)c(F)c2)[C@@]1(C)c1ccc2[nH]c([C@@H]3CCCN3C(=O)[C@@H](NC(=O)O)C3CCOCC3)nc2c1. The van der Waals surface area contributed by atoms with E-state index in [1.807, 2.05) is 41.3 Å². The van der Waals surface area contributed by atoms with Crippen LogP contribution in [0.5, 0.6) is 0 Å². The number of carboxylic acid groups (broad SMARTS) is 2. The molecule has 77 heavy (non-hydrogen) atoms. The summed E-state index contributed by atoms with van der Waals surface area (Å²) in [4.78, 5) is 77.2. The standard InChI is InChI=1S/C57H72F2N10O8/c1-32-27-46(35-9-11-40-42(28-35)62-50(60-40)44-7-5-19-67(44)52(70)47(64-54(72)73)33-13-23-76-24-14-33)69(37-30-38(58)49(39(59)31-37)66-21-17-56(2,3)18-22-66)57(32,4)36-10-12-41-43(29-36)63-51(61-41)45-8-6-20-68(45)53(71)48(65-55(74)75)34-15-25-77-26-16-34/h9-12,28-34,44-48,64-65H,5-8,13-27H2,1-4H3,(H,60,62)(H,61,63)(H,72,73)(H,74,75)/t32?,44-,45-,46+,47-,48-,57+/m0/s1. The minimum atomic E-state index is -1.24.